The van der Waals surface area contributed by atoms with Gasteiger partial charge in [0.25, 0.3) is 0 Å². The van der Waals surface area contributed by atoms with E-state index in [4.69, 9.17) is 12.2 Å². The molecule has 0 amide bonds. The van der Waals surface area contributed by atoms with E-state index in [1.54, 1.807) is 0 Å². The fraction of sp³-hybridized carbons (Fsp3) is 0.875. The summed E-state index contributed by atoms with van der Waals surface area (Å²) in [4.78, 5) is 2.02. The van der Waals surface area contributed by atoms with Crippen molar-refractivity contribution >= 4 is 27.2 Å². The van der Waals surface area contributed by atoms with Crippen LogP contribution in [0.5, 0.6) is 0 Å². The lowest BCUT2D eigenvalue weighted by Gasteiger charge is -2.29. The van der Waals surface area contributed by atoms with E-state index < -0.39 is 9.84 Å². The molecule has 2 heterocycles. The van der Waals surface area contributed by atoms with E-state index in [9.17, 15) is 8.42 Å². The first kappa shape index (κ1) is 10.2. The van der Waals surface area contributed by atoms with Gasteiger partial charge in [0.15, 0.2) is 14.9 Å². The summed E-state index contributed by atoms with van der Waals surface area (Å²) >= 11 is 5.17. The summed E-state index contributed by atoms with van der Waals surface area (Å²) in [6, 6.07) is 0.122. The SMILES string of the molecule is CCNC(=S)N1CC2CC1CS2(=O)=O. The molecular formula is C8H14N2O2S2. The molecule has 2 unspecified atom stereocenters. The molecule has 2 aliphatic heterocycles. The highest BCUT2D eigenvalue weighted by Gasteiger charge is 2.48. The molecule has 1 N–H and O–H groups in total. The number of rotatable bonds is 1. The molecule has 0 aromatic rings. The Bertz CT molecular complexity index is 352. The Labute approximate surface area is 89.6 Å². The van der Waals surface area contributed by atoms with Crippen molar-refractivity contribution in [2.24, 2.45) is 0 Å². The number of hydrogen-bond acceptors (Lipinski definition) is 3. The molecule has 0 saturated carbocycles. The van der Waals surface area contributed by atoms with Crippen molar-refractivity contribution in [1.82, 2.24) is 10.2 Å². The molecule has 0 spiro atoms. The molecule has 2 aliphatic rings. The second kappa shape index (κ2) is 3.34. The molecule has 4 nitrogen and oxygen atoms in total. The van der Waals surface area contributed by atoms with Gasteiger partial charge in [0.05, 0.1) is 11.0 Å². The zero-order chi connectivity index (χ0) is 10.3. The lowest BCUT2D eigenvalue weighted by Crippen LogP contribution is -2.48. The molecule has 0 aromatic carbocycles. The van der Waals surface area contributed by atoms with Gasteiger partial charge in [0, 0.05) is 19.1 Å². The van der Waals surface area contributed by atoms with Crippen LogP contribution in [-0.4, -0.2) is 48.6 Å². The fourth-order valence-corrected chi connectivity index (χ4v) is 4.59. The second-order valence-corrected chi connectivity index (χ2v) is 6.54. The van der Waals surface area contributed by atoms with E-state index in [0.717, 1.165) is 13.0 Å². The third kappa shape index (κ3) is 1.50. The number of nitrogens with one attached hydrogen (secondary N) is 1. The minimum Gasteiger partial charge on any atom is -0.363 e. The molecule has 6 heteroatoms. The Morgan fingerprint density at radius 3 is 2.79 bits per heavy atom. The Balaban J connectivity index is 2.07. The van der Waals surface area contributed by atoms with Crippen molar-refractivity contribution in [2.45, 2.75) is 24.6 Å². The van der Waals surface area contributed by atoms with Gasteiger partial charge in [-0.1, -0.05) is 0 Å². The van der Waals surface area contributed by atoms with Crippen LogP contribution in [0.1, 0.15) is 13.3 Å². The summed E-state index contributed by atoms with van der Waals surface area (Å²) in [5.41, 5.74) is 0. The molecule has 2 bridgehead atoms. The van der Waals surface area contributed by atoms with Crippen molar-refractivity contribution < 1.29 is 8.42 Å². The largest absolute Gasteiger partial charge is 0.363 e. The highest BCUT2D eigenvalue weighted by atomic mass is 32.2. The maximum Gasteiger partial charge on any atom is 0.169 e. The Hall–Kier alpha value is -0.360. The molecule has 14 heavy (non-hydrogen) atoms. The highest BCUT2D eigenvalue weighted by Crippen LogP contribution is 2.32. The molecule has 2 atom stereocenters. The number of thiocarbonyl (C=S) groups is 1. The van der Waals surface area contributed by atoms with E-state index in [1.165, 1.54) is 0 Å². The van der Waals surface area contributed by atoms with Gasteiger partial charge >= 0.3 is 0 Å². The van der Waals surface area contributed by atoms with Crippen LogP contribution >= 0.6 is 12.2 Å². The first-order valence-electron chi connectivity index (χ1n) is 4.80. The predicted octanol–water partition coefficient (Wildman–Crippen LogP) is -0.248. The van der Waals surface area contributed by atoms with Crippen molar-refractivity contribution in [3.63, 3.8) is 0 Å². The van der Waals surface area contributed by atoms with Gasteiger partial charge in [0.2, 0.25) is 0 Å². The predicted molar refractivity (Wildman–Crippen MR) is 59.0 cm³/mol. The second-order valence-electron chi connectivity index (χ2n) is 3.83. The van der Waals surface area contributed by atoms with Crippen LogP contribution in [0, 0.1) is 0 Å². The van der Waals surface area contributed by atoms with Crippen LogP contribution in [-0.2, 0) is 9.84 Å². The molecular weight excluding hydrogens is 220 g/mol. The summed E-state index contributed by atoms with van der Waals surface area (Å²) < 4.78 is 22.9. The number of likely N-dealkylation sites (tertiary alicyclic amines) is 1. The third-order valence-corrected chi connectivity index (χ3v) is 5.48. The maximum absolute atomic E-state index is 11.5. The van der Waals surface area contributed by atoms with E-state index in [-0.39, 0.29) is 17.0 Å². The van der Waals surface area contributed by atoms with E-state index in [2.05, 4.69) is 5.32 Å². The molecule has 0 aromatic heterocycles. The van der Waals surface area contributed by atoms with E-state index in [0.29, 0.717) is 11.7 Å². The molecule has 0 radical (unpaired) electrons. The molecule has 80 valence electrons. The Morgan fingerprint density at radius 1 is 1.64 bits per heavy atom. The van der Waals surface area contributed by atoms with Crippen molar-refractivity contribution in [3.05, 3.63) is 0 Å². The smallest absolute Gasteiger partial charge is 0.169 e. The summed E-state index contributed by atoms with van der Waals surface area (Å²) in [5.74, 6) is 0.281. The van der Waals surface area contributed by atoms with Crippen LogP contribution in [0.3, 0.4) is 0 Å². The zero-order valence-electron chi connectivity index (χ0n) is 8.06. The van der Waals surface area contributed by atoms with Crippen molar-refractivity contribution in [3.8, 4) is 0 Å². The number of nitrogens with zero attached hydrogens (tertiary/aromatic N) is 1. The minimum atomic E-state index is -2.80. The highest BCUT2D eigenvalue weighted by molar-refractivity contribution is 7.92. The van der Waals surface area contributed by atoms with Gasteiger partial charge in [-0.15, -0.1) is 0 Å². The summed E-state index contributed by atoms with van der Waals surface area (Å²) in [7, 11) is -2.80. The lowest BCUT2D eigenvalue weighted by molar-refractivity contribution is 0.401. The summed E-state index contributed by atoms with van der Waals surface area (Å²) in [5, 5.41) is 3.59. The minimum absolute atomic E-state index is 0.122. The van der Waals surface area contributed by atoms with Crippen LogP contribution in [0.2, 0.25) is 0 Å². The summed E-state index contributed by atoms with van der Waals surface area (Å²) in [6.07, 6.45) is 0.758. The zero-order valence-corrected chi connectivity index (χ0v) is 9.70. The van der Waals surface area contributed by atoms with Gasteiger partial charge < -0.3 is 10.2 Å². The monoisotopic (exact) mass is 234 g/mol. The van der Waals surface area contributed by atoms with Crippen LogP contribution in [0.4, 0.5) is 0 Å². The Kier molecular flexibility index (Phi) is 2.43. The topological polar surface area (TPSA) is 49.4 Å². The normalized spacial score (nSPS) is 33.4. The standard InChI is InChI=1S/C8H14N2O2S2/c1-2-9-8(13)10-4-7-3-6(10)5-14(7,11)12/h6-7H,2-5H2,1H3,(H,9,13). The first-order chi connectivity index (χ1) is 6.54. The molecule has 0 aliphatic carbocycles. The Morgan fingerprint density at radius 2 is 2.36 bits per heavy atom. The average Bonchev–Trinajstić information content (AvgIpc) is 2.59. The number of sulfone groups is 1. The molecule has 2 saturated heterocycles. The number of hydrogen-bond donors (Lipinski definition) is 1. The van der Waals surface area contributed by atoms with Gasteiger partial charge in [0.1, 0.15) is 0 Å². The molecule has 2 rings (SSSR count). The molecule has 2 fully saturated rings. The van der Waals surface area contributed by atoms with Crippen LogP contribution in [0.15, 0.2) is 0 Å². The summed E-state index contributed by atoms with van der Waals surface area (Å²) in [6.45, 7) is 3.36. The van der Waals surface area contributed by atoms with E-state index in [1.807, 2.05) is 11.8 Å². The fourth-order valence-electron chi connectivity index (χ4n) is 2.20. The van der Waals surface area contributed by atoms with Gasteiger partial charge in [-0.25, -0.2) is 8.42 Å². The maximum atomic E-state index is 11.5. The van der Waals surface area contributed by atoms with Gasteiger partial charge in [-0.05, 0) is 25.6 Å². The van der Waals surface area contributed by atoms with Crippen LogP contribution < -0.4 is 5.32 Å². The van der Waals surface area contributed by atoms with E-state index >= 15 is 0 Å². The van der Waals surface area contributed by atoms with Crippen molar-refractivity contribution in [2.75, 3.05) is 18.8 Å². The third-order valence-electron chi connectivity index (χ3n) is 2.90. The van der Waals surface area contributed by atoms with Gasteiger partial charge in [-0.3, -0.25) is 0 Å². The lowest BCUT2D eigenvalue weighted by atomic mass is 10.2. The first-order valence-corrected chi connectivity index (χ1v) is 6.93. The van der Waals surface area contributed by atoms with Crippen molar-refractivity contribution in [1.29, 1.82) is 0 Å². The van der Waals surface area contributed by atoms with Gasteiger partial charge in [-0.2, -0.15) is 0 Å². The van der Waals surface area contributed by atoms with Crippen LogP contribution in [0.25, 0.3) is 0 Å². The quantitative estimate of drug-likeness (QED) is 0.634. The average molecular weight is 234 g/mol. The number of fused-ring (bicyclic) bond motifs is 2.